The average Bonchev–Trinajstić information content (AvgIpc) is 3.64. The maximum Gasteiger partial charge on any atom is 2.00 e. The zero-order valence-corrected chi connectivity index (χ0v) is 43.2. The molecule has 360 valence electrons. The van der Waals surface area contributed by atoms with E-state index in [4.69, 9.17) is 0 Å². The van der Waals surface area contributed by atoms with Gasteiger partial charge < -0.3 is 19.4 Å². The maximum atomic E-state index is 11.9. The van der Waals surface area contributed by atoms with E-state index in [0.717, 1.165) is 42.6 Å². The van der Waals surface area contributed by atoms with Crippen LogP contribution in [-0.4, -0.2) is 4.70 Å². The molecule has 0 aliphatic carbocycles. The van der Waals surface area contributed by atoms with E-state index in [1.54, 1.807) is 13.8 Å². The van der Waals surface area contributed by atoms with Crippen LogP contribution in [0.1, 0.15) is 269 Å². The number of rotatable bonds is 38. The van der Waals surface area contributed by atoms with Gasteiger partial charge >= 0.3 is 16.5 Å². The molecule has 0 saturated carbocycles. The third-order valence-corrected chi connectivity index (χ3v) is 12.6. The molecule has 0 unspecified atom stereocenters. The monoisotopic (exact) mass is 907 g/mol. The number of hydrogen-bond acceptors (Lipinski definition) is 0. The Balaban J connectivity index is 0.00000746. The van der Waals surface area contributed by atoms with Crippen LogP contribution >= 0.6 is 0 Å². The molecular weight excluding hydrogens is 807 g/mol. The van der Waals surface area contributed by atoms with Gasteiger partial charge in [0.2, 0.25) is 11.4 Å². The molecule has 1 aliphatic heterocycles. The van der Waals surface area contributed by atoms with Crippen molar-refractivity contribution in [1.82, 2.24) is 0 Å². The van der Waals surface area contributed by atoms with Crippen molar-refractivity contribution in [1.29, 1.82) is 0 Å². The molecule has 3 rings (SSSR count). The predicted octanol–water partition coefficient (Wildman–Crippen LogP) is 20.7. The van der Waals surface area contributed by atoms with Crippen molar-refractivity contribution in [3.8, 4) is 0 Å². The Labute approximate surface area is 403 Å². The van der Waals surface area contributed by atoms with E-state index in [-0.39, 0.29) is 16.5 Å². The summed E-state index contributed by atoms with van der Waals surface area (Å²) in [6.07, 6.45) is 54.1. The van der Waals surface area contributed by atoms with Crippen molar-refractivity contribution >= 4 is 11.4 Å². The Kier molecular flexibility index (Phi) is 43.3. The molecule has 0 aromatic heterocycles. The Morgan fingerprint density at radius 3 is 1.41 bits per heavy atom. The van der Waals surface area contributed by atoms with Crippen molar-refractivity contribution in [2.75, 3.05) is 0 Å². The Morgan fingerprint density at radius 1 is 0.460 bits per heavy atom. The summed E-state index contributed by atoms with van der Waals surface area (Å²) < 4.78 is 1.51. The van der Waals surface area contributed by atoms with Crippen LogP contribution in [0.5, 0.6) is 0 Å². The predicted molar refractivity (Wildman–Crippen MR) is 279 cm³/mol. The minimum Gasteiger partial charge on any atom is -0.493 e. The Bertz CT molecular complexity index is 1430. The summed E-state index contributed by atoms with van der Waals surface area (Å²) in [7, 11) is 0. The van der Waals surface area contributed by atoms with Gasteiger partial charge in [-0.2, -0.15) is 13.8 Å². The zero-order valence-electron chi connectivity index (χ0n) is 42.2. The van der Waals surface area contributed by atoms with Gasteiger partial charge in [0.25, 0.3) is 0 Å². The molecular formula is C60H100N2Ni. The molecule has 0 spiro atoms. The van der Waals surface area contributed by atoms with Crippen LogP contribution in [0.2, 0.25) is 0 Å². The average molecular weight is 908 g/mol. The van der Waals surface area contributed by atoms with Crippen LogP contribution in [0.4, 0.5) is 0 Å². The summed E-state index contributed by atoms with van der Waals surface area (Å²) >= 11 is 0. The molecule has 0 saturated heterocycles. The van der Waals surface area contributed by atoms with Crippen LogP contribution in [0, 0.1) is 13.8 Å². The van der Waals surface area contributed by atoms with Gasteiger partial charge in [0.15, 0.2) is 0 Å². The number of unbranched alkanes of at least 4 members (excludes halogenated alkanes) is 28. The minimum atomic E-state index is 0. The van der Waals surface area contributed by atoms with E-state index >= 15 is 0 Å². The molecule has 2 aromatic rings. The van der Waals surface area contributed by atoms with Gasteiger partial charge in [-0.15, -0.1) is 0 Å². The number of aryl methyl sites for hydroxylation is 2. The number of allylic oxidation sites excluding steroid dienone is 4. The third-order valence-electron chi connectivity index (χ3n) is 12.6. The van der Waals surface area contributed by atoms with Crippen molar-refractivity contribution in [2.45, 2.75) is 259 Å². The molecule has 63 heavy (non-hydrogen) atoms. The van der Waals surface area contributed by atoms with Crippen LogP contribution in [0.15, 0.2) is 72.3 Å². The molecule has 0 fully saturated rings. The molecule has 0 bridgehead atoms. The van der Waals surface area contributed by atoms with E-state index in [9.17, 15) is 5.53 Å². The van der Waals surface area contributed by atoms with Gasteiger partial charge in [-0.05, 0) is 80.7 Å². The first kappa shape index (κ1) is 60.8. The molecule has 0 atom stereocenters. The van der Waals surface area contributed by atoms with Gasteiger partial charge in [0.1, 0.15) is 0 Å². The topological polar surface area (TPSA) is 25.3 Å². The number of hydrogen-bond donors (Lipinski definition) is 0. The normalized spacial score (nSPS) is 12.2. The van der Waals surface area contributed by atoms with E-state index in [1.807, 2.05) is 0 Å². The van der Waals surface area contributed by atoms with E-state index in [0.29, 0.717) is 0 Å². The Morgan fingerprint density at radius 2 is 0.905 bits per heavy atom. The fourth-order valence-corrected chi connectivity index (χ4v) is 8.91. The van der Waals surface area contributed by atoms with E-state index in [1.165, 1.54) is 226 Å². The number of nitrogens with zero attached hydrogens (tertiary/aromatic N) is 2. The molecule has 3 heteroatoms. The summed E-state index contributed by atoms with van der Waals surface area (Å²) in [5.74, 6) is 0. The third kappa shape index (κ3) is 29.1. The first-order valence-corrected chi connectivity index (χ1v) is 26.9. The van der Waals surface area contributed by atoms with Gasteiger partial charge in [-0.25, -0.2) is 4.70 Å². The van der Waals surface area contributed by atoms with Crippen molar-refractivity contribution in [3.63, 3.8) is 0 Å². The van der Waals surface area contributed by atoms with Crippen molar-refractivity contribution < 1.29 is 21.2 Å². The van der Waals surface area contributed by atoms with E-state index < -0.39 is 0 Å². The van der Waals surface area contributed by atoms with Gasteiger partial charge in [0.05, 0.1) is 0 Å². The van der Waals surface area contributed by atoms with Gasteiger partial charge in [-0.3, -0.25) is 0 Å². The fourth-order valence-electron chi connectivity index (χ4n) is 8.91. The second-order valence-electron chi connectivity index (χ2n) is 17.9. The maximum absolute atomic E-state index is 11.9. The molecule has 1 heterocycles. The smallest absolute Gasteiger partial charge is 0.493 e. The molecule has 0 radical (unpaired) electrons. The molecule has 0 N–H and O–H groups in total. The second-order valence-corrected chi connectivity index (χ2v) is 17.9. The summed E-state index contributed by atoms with van der Waals surface area (Å²) in [6.45, 7) is 16.8. The molecule has 2 aromatic carbocycles. The molecule has 1 aliphatic rings. The molecule has 2 nitrogen and oxygen atoms in total. The number of benzene rings is 2. The zero-order chi connectivity index (χ0) is 45.1. The first-order valence-electron chi connectivity index (χ1n) is 26.9. The largest absolute Gasteiger partial charge is 2.00 e. The Hall–Kier alpha value is -2.25. The molecule has 0 amide bonds. The van der Waals surface area contributed by atoms with Crippen LogP contribution in [-0.2, 0) is 29.3 Å². The summed E-state index contributed by atoms with van der Waals surface area (Å²) in [6, 6.07) is 17.6. The summed E-state index contributed by atoms with van der Waals surface area (Å²) in [5.41, 5.74) is 20.0. The van der Waals surface area contributed by atoms with Crippen LogP contribution < -0.4 is 0 Å². The van der Waals surface area contributed by atoms with Crippen molar-refractivity contribution in [2.24, 2.45) is 0 Å². The van der Waals surface area contributed by atoms with Crippen LogP contribution in [0.3, 0.4) is 0 Å². The van der Waals surface area contributed by atoms with E-state index in [2.05, 4.69) is 101 Å². The quantitative estimate of drug-likeness (QED) is 0.0211. The summed E-state index contributed by atoms with van der Waals surface area (Å²) in [5, 5.41) is 0. The van der Waals surface area contributed by atoms with Crippen LogP contribution in [0.25, 0.3) is 16.9 Å². The fraction of sp³-hybridized carbons (Fsp3) is 0.667. The summed E-state index contributed by atoms with van der Waals surface area (Å²) in [4.78, 5) is 0. The van der Waals surface area contributed by atoms with Gasteiger partial charge in [-0.1, -0.05) is 237 Å². The standard InChI is InChI=1S/C56H90N2.2C2H5.Ni/c1-4-7-10-12-14-15-16-17-18-19-20-21-22-23-24-25-26-27-28-29-30-31-32-33-35-36-43-51-44-38-39-47-54(51)56-53(45-37-34-13-11-8-5-2)49-55(58(56)57)52-46-40-42-50(48-52)41-9-6-3;2*1-2;/h33,35,38-40,42,44,46-49H,4-32,34,36-37,41,43,45H2,1-3H3;2*1H2,2H3;/q;2*-1;+2. The SMILES string of the molecule is CCCCCCCCCCCCCCCCCCCCCCCCC=CCCc1ccccc1C1=C(CCCCCCCC)C=C(c2cccc(CCCC)c2)[N+]1=[N-].[CH2-]C.[CH2-]C.[Ni+2]. The second kappa shape index (κ2) is 44.9. The van der Waals surface area contributed by atoms with Gasteiger partial charge in [0, 0.05) is 22.8 Å². The first-order chi connectivity index (χ1) is 30.7. The van der Waals surface area contributed by atoms with Crippen molar-refractivity contribution in [3.05, 3.63) is 114 Å². The minimum absolute atomic E-state index is 0.